The van der Waals surface area contributed by atoms with Gasteiger partial charge in [0, 0.05) is 34.5 Å². The Balaban J connectivity index is 1.60. The maximum Gasteiger partial charge on any atom is 0.335 e. The Morgan fingerprint density at radius 1 is 1.00 bits per heavy atom. The van der Waals surface area contributed by atoms with Crippen LogP contribution in [0.2, 0.25) is 28.2 Å². The van der Waals surface area contributed by atoms with Crippen LogP contribution < -0.4 is 5.32 Å². The quantitative estimate of drug-likeness (QED) is 0.326. The average Bonchev–Trinajstić information content (AvgIpc) is 3.26. The third-order valence-corrected chi connectivity index (χ3v) is 14.1. The fraction of sp³-hybridized carbons (Fsp3) is 0.533. The van der Waals surface area contributed by atoms with Gasteiger partial charge in [-0.15, -0.1) is 0 Å². The smallest absolute Gasteiger partial charge is 0.335 e. The number of hydrogen-bond donors (Lipinski definition) is 2. The third-order valence-electron chi connectivity index (χ3n) is 8.90. The predicted molar refractivity (Wildman–Crippen MR) is 157 cm³/mol. The van der Waals surface area contributed by atoms with Gasteiger partial charge < -0.3 is 14.8 Å². The topological polar surface area (TPSA) is 75.6 Å². The summed E-state index contributed by atoms with van der Waals surface area (Å²) in [5.41, 5.74) is 2.74. The van der Waals surface area contributed by atoms with Gasteiger partial charge in [0.2, 0.25) is 5.91 Å². The minimum absolute atomic E-state index is 0.0604. The number of hydrogen-bond acceptors (Lipinski definition) is 3. The number of nitrogens with one attached hydrogen (secondary N) is 1. The fourth-order valence-corrected chi connectivity index (χ4v) is 7.92. The van der Waals surface area contributed by atoms with E-state index in [0.29, 0.717) is 22.5 Å². The molecule has 0 aromatic heterocycles. The van der Waals surface area contributed by atoms with E-state index in [2.05, 4.69) is 39.2 Å². The molecule has 1 saturated carbocycles. The first-order valence-corrected chi connectivity index (χ1v) is 17.2. The predicted octanol–water partition coefficient (Wildman–Crippen LogP) is 8.16. The van der Waals surface area contributed by atoms with Gasteiger partial charge in [0.25, 0.3) is 0 Å². The number of aromatic carboxylic acids is 1. The van der Waals surface area contributed by atoms with Crippen molar-refractivity contribution in [1.29, 1.82) is 0 Å². The number of carbonyl (C=O) groups is 2. The Bertz CT molecular complexity index is 1160. The number of halogens is 2. The molecule has 206 valence electrons. The van der Waals surface area contributed by atoms with Crippen LogP contribution in [-0.4, -0.2) is 37.9 Å². The van der Waals surface area contributed by atoms with Crippen molar-refractivity contribution in [2.75, 3.05) is 6.54 Å². The van der Waals surface area contributed by atoms with E-state index in [9.17, 15) is 14.7 Å². The molecule has 0 radical (unpaired) electrons. The maximum atomic E-state index is 12.9. The molecule has 1 unspecified atom stereocenters. The molecule has 1 aliphatic heterocycles. The van der Waals surface area contributed by atoms with Crippen molar-refractivity contribution < 1.29 is 19.1 Å². The second-order valence-electron chi connectivity index (χ2n) is 12.4. The third kappa shape index (κ3) is 6.14. The molecule has 2 aliphatic rings. The Morgan fingerprint density at radius 3 is 2.05 bits per heavy atom. The van der Waals surface area contributed by atoms with Gasteiger partial charge in [-0.3, -0.25) is 4.79 Å². The lowest BCUT2D eigenvalue weighted by Crippen LogP contribution is -2.45. The molecule has 1 saturated heterocycles. The first-order valence-electron chi connectivity index (χ1n) is 13.6. The number of rotatable bonds is 7. The van der Waals surface area contributed by atoms with Crippen LogP contribution in [0, 0.1) is 11.8 Å². The molecule has 5 nitrogen and oxygen atoms in total. The molecular formula is C30H39Cl2NO4Si. The van der Waals surface area contributed by atoms with Crippen LogP contribution in [0.1, 0.15) is 74.7 Å². The van der Waals surface area contributed by atoms with Gasteiger partial charge in [-0.1, -0.05) is 56.1 Å². The van der Waals surface area contributed by atoms with E-state index in [1.807, 2.05) is 12.1 Å². The molecule has 1 heterocycles. The lowest BCUT2D eigenvalue weighted by atomic mass is 9.69. The molecule has 2 N–H and O–H groups in total. The summed E-state index contributed by atoms with van der Waals surface area (Å²) >= 11 is 13.9. The van der Waals surface area contributed by atoms with Gasteiger partial charge >= 0.3 is 5.97 Å². The van der Waals surface area contributed by atoms with Crippen molar-refractivity contribution in [3.63, 3.8) is 0 Å². The molecule has 1 amide bonds. The zero-order valence-electron chi connectivity index (χ0n) is 22.9. The van der Waals surface area contributed by atoms with Crippen molar-refractivity contribution in [2.45, 2.75) is 83.0 Å². The summed E-state index contributed by atoms with van der Waals surface area (Å²) in [6, 6.07) is 10.5. The first-order chi connectivity index (χ1) is 17.8. The number of amides is 1. The summed E-state index contributed by atoms with van der Waals surface area (Å²) < 4.78 is 6.73. The standard InChI is InChI=1S/C30H39Cl2NO4Si/c1-30(2,3)38(4,5)37-22-12-10-19(11-13-22)26(23-14-15-33-28(23)34)27-24(31)16-21(17-25(27)32)18-6-8-20(9-7-18)29(35)36/h6-9,16-17,19,22-23,26H,10-15H2,1-5H3,(H,33,34)(H,35,36)/t19?,22?,23?,26-/m1/s1. The normalized spacial score (nSPS) is 23.2. The summed E-state index contributed by atoms with van der Waals surface area (Å²) in [4.78, 5) is 24.2. The van der Waals surface area contributed by atoms with E-state index in [4.69, 9.17) is 27.6 Å². The van der Waals surface area contributed by atoms with Crippen molar-refractivity contribution in [3.8, 4) is 11.1 Å². The second kappa shape index (κ2) is 11.3. The monoisotopic (exact) mass is 575 g/mol. The SMILES string of the molecule is CC(C)(C)[Si](C)(C)OC1CCC([C@@H](c2c(Cl)cc(-c3ccc(C(=O)O)cc3)cc2Cl)C2CCNC2=O)CC1. The Labute approximate surface area is 237 Å². The Kier molecular flexibility index (Phi) is 8.68. The van der Waals surface area contributed by atoms with Gasteiger partial charge in [0.15, 0.2) is 8.32 Å². The number of benzene rings is 2. The minimum atomic E-state index is -1.85. The average molecular weight is 577 g/mol. The Hall–Kier alpha value is -1.86. The minimum Gasteiger partial charge on any atom is -0.478 e. The van der Waals surface area contributed by atoms with E-state index in [1.165, 1.54) is 0 Å². The highest BCUT2D eigenvalue weighted by molar-refractivity contribution is 6.74. The summed E-state index contributed by atoms with van der Waals surface area (Å²) in [7, 11) is -1.85. The molecular weight excluding hydrogens is 537 g/mol. The molecule has 2 atom stereocenters. The highest BCUT2D eigenvalue weighted by Gasteiger charge is 2.43. The zero-order valence-corrected chi connectivity index (χ0v) is 25.5. The van der Waals surface area contributed by atoms with Crippen LogP contribution in [0.5, 0.6) is 0 Å². The van der Waals surface area contributed by atoms with Crippen molar-refractivity contribution in [3.05, 3.63) is 57.6 Å². The van der Waals surface area contributed by atoms with Gasteiger partial charge in [-0.05, 0) is 97.1 Å². The van der Waals surface area contributed by atoms with Gasteiger partial charge in [0.05, 0.1) is 5.56 Å². The first kappa shape index (κ1) is 29.1. The fourth-order valence-electron chi connectivity index (χ4n) is 5.75. The number of carboxylic acids is 1. The molecule has 0 bridgehead atoms. The van der Waals surface area contributed by atoms with E-state index in [1.54, 1.807) is 24.3 Å². The Morgan fingerprint density at radius 2 is 1.58 bits per heavy atom. The number of carboxylic acid groups (broad SMARTS) is 1. The summed E-state index contributed by atoms with van der Waals surface area (Å²) in [5.74, 6) is -0.817. The molecule has 8 heteroatoms. The van der Waals surface area contributed by atoms with Crippen LogP contribution in [0.25, 0.3) is 11.1 Å². The van der Waals surface area contributed by atoms with Crippen molar-refractivity contribution in [2.24, 2.45) is 11.8 Å². The van der Waals surface area contributed by atoms with Crippen molar-refractivity contribution >= 4 is 43.4 Å². The molecule has 2 aromatic carbocycles. The lowest BCUT2D eigenvalue weighted by Gasteiger charge is -2.43. The number of carbonyl (C=O) groups excluding carboxylic acids is 1. The van der Waals surface area contributed by atoms with Crippen LogP contribution in [-0.2, 0) is 9.22 Å². The van der Waals surface area contributed by atoms with E-state index in [-0.39, 0.29) is 34.4 Å². The summed E-state index contributed by atoms with van der Waals surface area (Å²) in [5, 5.41) is 13.5. The second-order valence-corrected chi connectivity index (χ2v) is 17.9. The zero-order chi connectivity index (χ0) is 27.8. The molecule has 0 spiro atoms. The highest BCUT2D eigenvalue weighted by atomic mass is 35.5. The maximum absolute atomic E-state index is 12.9. The van der Waals surface area contributed by atoms with Crippen LogP contribution in [0.15, 0.2) is 36.4 Å². The molecule has 2 aromatic rings. The van der Waals surface area contributed by atoms with E-state index < -0.39 is 14.3 Å². The molecule has 38 heavy (non-hydrogen) atoms. The lowest BCUT2D eigenvalue weighted by molar-refractivity contribution is -0.123. The van der Waals surface area contributed by atoms with E-state index in [0.717, 1.165) is 48.8 Å². The van der Waals surface area contributed by atoms with Crippen LogP contribution in [0.4, 0.5) is 0 Å². The largest absolute Gasteiger partial charge is 0.478 e. The van der Waals surface area contributed by atoms with Gasteiger partial charge in [0.1, 0.15) is 0 Å². The molecule has 4 rings (SSSR count). The van der Waals surface area contributed by atoms with Crippen LogP contribution >= 0.6 is 23.2 Å². The van der Waals surface area contributed by atoms with Crippen molar-refractivity contribution in [1.82, 2.24) is 5.32 Å². The highest BCUT2D eigenvalue weighted by Crippen LogP contribution is 2.49. The summed E-state index contributed by atoms with van der Waals surface area (Å²) in [6.07, 6.45) is 4.93. The molecule has 1 aliphatic carbocycles. The summed E-state index contributed by atoms with van der Waals surface area (Å²) in [6.45, 7) is 12.1. The van der Waals surface area contributed by atoms with Gasteiger partial charge in [-0.25, -0.2) is 4.79 Å². The molecule has 2 fully saturated rings. The van der Waals surface area contributed by atoms with E-state index >= 15 is 0 Å². The van der Waals surface area contributed by atoms with Crippen LogP contribution in [0.3, 0.4) is 0 Å². The van der Waals surface area contributed by atoms with Gasteiger partial charge in [-0.2, -0.15) is 0 Å².